The molecule has 0 spiro atoms. The number of para-hydroxylation sites is 2. The predicted molar refractivity (Wildman–Crippen MR) is 143 cm³/mol. The van der Waals surface area contributed by atoms with E-state index in [1.807, 2.05) is 37.3 Å². The summed E-state index contributed by atoms with van der Waals surface area (Å²) in [6.07, 6.45) is 0. The third-order valence-electron chi connectivity index (χ3n) is 5.81. The van der Waals surface area contributed by atoms with Gasteiger partial charge in [-0.3, -0.25) is 4.79 Å². The number of halogens is 3. The Balaban J connectivity index is 1.61. The monoisotopic (exact) mass is 539 g/mol. The summed E-state index contributed by atoms with van der Waals surface area (Å²) < 4.78 is 7.08. The number of nitrogens with one attached hydrogen (secondary N) is 2. The average molecular weight is 541 g/mol. The van der Waals surface area contributed by atoms with Crippen LogP contribution in [-0.2, 0) is 4.79 Å². The molecular weight excluding hydrogens is 521 g/mol. The van der Waals surface area contributed by atoms with Crippen molar-refractivity contribution in [3.8, 4) is 17.1 Å². The van der Waals surface area contributed by atoms with Crippen molar-refractivity contribution in [2.24, 2.45) is 0 Å². The third kappa shape index (κ3) is 4.53. The number of anilines is 2. The van der Waals surface area contributed by atoms with Crippen LogP contribution in [0, 0.1) is 0 Å². The molecule has 1 unspecified atom stereocenters. The van der Waals surface area contributed by atoms with Crippen molar-refractivity contribution in [2.75, 3.05) is 17.7 Å². The normalized spacial score (nSPS) is 14.8. The molecule has 3 aromatic carbocycles. The summed E-state index contributed by atoms with van der Waals surface area (Å²) in [7, 11) is 1.55. The number of ether oxygens (including phenoxy) is 1. The fourth-order valence-corrected chi connectivity index (χ4v) is 4.53. The van der Waals surface area contributed by atoms with Gasteiger partial charge in [-0.2, -0.15) is 4.98 Å². The van der Waals surface area contributed by atoms with Crippen LogP contribution in [0.25, 0.3) is 11.4 Å². The molecule has 1 aliphatic heterocycles. The van der Waals surface area contributed by atoms with Crippen LogP contribution in [0.5, 0.6) is 5.75 Å². The number of amides is 1. The number of nitrogens with zero attached hydrogens (tertiary/aromatic N) is 3. The minimum atomic E-state index is -0.626. The number of aromatic nitrogens is 3. The number of carbonyl (C=O) groups is 1. The molecule has 4 aromatic rings. The first kappa shape index (κ1) is 24.2. The van der Waals surface area contributed by atoms with Crippen LogP contribution < -0.4 is 15.4 Å². The largest absolute Gasteiger partial charge is 0.495 e. The highest BCUT2D eigenvalue weighted by Crippen LogP contribution is 2.39. The first-order valence-electron chi connectivity index (χ1n) is 11.0. The van der Waals surface area contributed by atoms with Crippen LogP contribution in [0.1, 0.15) is 18.5 Å². The maximum Gasteiger partial charge on any atom is 0.255 e. The van der Waals surface area contributed by atoms with Gasteiger partial charge in [-0.15, -0.1) is 5.10 Å². The van der Waals surface area contributed by atoms with Crippen molar-refractivity contribution in [2.45, 2.75) is 13.0 Å². The maximum absolute atomic E-state index is 13.7. The van der Waals surface area contributed by atoms with E-state index in [0.717, 1.165) is 11.1 Å². The molecule has 0 bridgehead atoms. The molecule has 1 aliphatic rings. The number of rotatable bonds is 5. The summed E-state index contributed by atoms with van der Waals surface area (Å²) in [5.74, 6) is 1.20. The molecule has 182 valence electrons. The summed E-state index contributed by atoms with van der Waals surface area (Å²) in [5, 5.41) is 12.3. The minimum Gasteiger partial charge on any atom is -0.495 e. The Labute approximate surface area is 222 Å². The molecule has 0 saturated heterocycles. The highest BCUT2D eigenvalue weighted by atomic mass is 35.5. The van der Waals surface area contributed by atoms with Gasteiger partial charge in [-0.25, -0.2) is 4.68 Å². The average Bonchev–Trinajstić information content (AvgIpc) is 3.29. The summed E-state index contributed by atoms with van der Waals surface area (Å²) in [5.41, 5.74) is 3.13. The third-order valence-corrected chi connectivity index (χ3v) is 6.81. The second kappa shape index (κ2) is 9.85. The first-order valence-corrected chi connectivity index (χ1v) is 12.1. The second-order valence-corrected chi connectivity index (χ2v) is 9.36. The molecule has 0 fully saturated rings. The molecule has 1 aromatic heterocycles. The maximum atomic E-state index is 13.7. The molecule has 36 heavy (non-hydrogen) atoms. The standard InChI is InChI=1S/C26H20Cl3N5O2/c1-14-22(25(35)31-20-5-3-4-6-21(20)36-2)23(16-9-12-18(28)19(29)13-16)34-26(30-14)32-24(33-34)15-7-10-17(27)11-8-15/h3-13,23H,1-2H3,(H,31,35)(H,30,32,33). The lowest BCUT2D eigenvalue weighted by molar-refractivity contribution is -0.113. The fraction of sp³-hybridized carbons (Fsp3) is 0.115. The predicted octanol–water partition coefficient (Wildman–Crippen LogP) is 6.84. The molecule has 5 rings (SSSR count). The van der Waals surface area contributed by atoms with Crippen LogP contribution in [0.4, 0.5) is 11.6 Å². The van der Waals surface area contributed by atoms with Gasteiger partial charge in [0.1, 0.15) is 11.8 Å². The SMILES string of the molecule is COc1ccccc1NC(=O)C1=C(C)Nc2nc(-c3ccc(Cl)cc3)nn2C1c1ccc(Cl)c(Cl)c1. The molecule has 1 atom stereocenters. The highest BCUT2D eigenvalue weighted by Gasteiger charge is 2.35. The van der Waals surface area contributed by atoms with Crippen molar-refractivity contribution in [1.82, 2.24) is 14.8 Å². The van der Waals surface area contributed by atoms with Gasteiger partial charge in [0, 0.05) is 16.3 Å². The van der Waals surface area contributed by atoms with Crippen molar-refractivity contribution in [3.63, 3.8) is 0 Å². The summed E-state index contributed by atoms with van der Waals surface area (Å²) >= 11 is 18.6. The topological polar surface area (TPSA) is 81.1 Å². The molecule has 0 saturated carbocycles. The highest BCUT2D eigenvalue weighted by molar-refractivity contribution is 6.42. The van der Waals surface area contributed by atoms with Crippen LogP contribution >= 0.6 is 34.8 Å². The lowest BCUT2D eigenvalue weighted by Gasteiger charge is -2.29. The van der Waals surface area contributed by atoms with Crippen molar-refractivity contribution >= 4 is 52.3 Å². The van der Waals surface area contributed by atoms with Gasteiger partial charge < -0.3 is 15.4 Å². The van der Waals surface area contributed by atoms with Gasteiger partial charge in [-0.1, -0.05) is 53.0 Å². The number of allylic oxidation sites excluding steroid dienone is 1. The van der Waals surface area contributed by atoms with Gasteiger partial charge in [0.25, 0.3) is 5.91 Å². The number of fused-ring (bicyclic) bond motifs is 1. The Hall–Kier alpha value is -3.52. The minimum absolute atomic E-state index is 0.324. The zero-order valence-electron chi connectivity index (χ0n) is 19.2. The molecular formula is C26H20Cl3N5O2. The number of benzene rings is 3. The molecule has 2 N–H and O–H groups in total. The van der Waals surface area contributed by atoms with Gasteiger partial charge in [0.2, 0.25) is 5.95 Å². The van der Waals surface area contributed by atoms with Crippen molar-refractivity contribution < 1.29 is 9.53 Å². The first-order chi connectivity index (χ1) is 17.4. The molecule has 1 amide bonds. The molecule has 7 nitrogen and oxygen atoms in total. The molecule has 10 heteroatoms. The Bertz CT molecular complexity index is 1500. The zero-order valence-corrected chi connectivity index (χ0v) is 21.5. The Kier molecular flexibility index (Phi) is 6.62. The number of carbonyl (C=O) groups excluding carboxylic acids is 1. The Morgan fingerprint density at radius 2 is 1.78 bits per heavy atom. The van der Waals surface area contributed by atoms with Gasteiger partial charge in [-0.05, 0) is 61.0 Å². The molecule has 0 radical (unpaired) electrons. The van der Waals surface area contributed by atoms with Crippen LogP contribution in [-0.4, -0.2) is 27.8 Å². The molecule has 0 aliphatic carbocycles. The number of methoxy groups -OCH3 is 1. The van der Waals surface area contributed by atoms with E-state index in [4.69, 9.17) is 44.6 Å². The summed E-state index contributed by atoms with van der Waals surface area (Å²) in [6.45, 7) is 1.82. The van der Waals surface area contributed by atoms with E-state index in [0.29, 0.717) is 49.5 Å². The van der Waals surface area contributed by atoms with E-state index >= 15 is 0 Å². The summed E-state index contributed by atoms with van der Waals surface area (Å²) in [6, 6.07) is 19.1. The number of hydrogen-bond acceptors (Lipinski definition) is 5. The van der Waals surface area contributed by atoms with E-state index < -0.39 is 6.04 Å². The van der Waals surface area contributed by atoms with E-state index in [-0.39, 0.29) is 5.91 Å². The quantitative estimate of drug-likeness (QED) is 0.290. The smallest absolute Gasteiger partial charge is 0.255 e. The van der Waals surface area contributed by atoms with E-state index in [9.17, 15) is 4.79 Å². The van der Waals surface area contributed by atoms with Crippen molar-refractivity contribution in [1.29, 1.82) is 0 Å². The number of hydrogen-bond donors (Lipinski definition) is 2. The Morgan fingerprint density at radius 1 is 1.03 bits per heavy atom. The lowest BCUT2D eigenvalue weighted by atomic mass is 9.95. The van der Waals surface area contributed by atoms with E-state index in [1.165, 1.54) is 0 Å². The molecule has 2 heterocycles. The van der Waals surface area contributed by atoms with Crippen LogP contribution in [0.15, 0.2) is 78.0 Å². The zero-order chi connectivity index (χ0) is 25.4. The van der Waals surface area contributed by atoms with Gasteiger partial charge in [0.05, 0.1) is 28.4 Å². The van der Waals surface area contributed by atoms with Gasteiger partial charge >= 0.3 is 0 Å². The van der Waals surface area contributed by atoms with Crippen LogP contribution in [0.2, 0.25) is 15.1 Å². The fourth-order valence-electron chi connectivity index (χ4n) is 4.09. The van der Waals surface area contributed by atoms with Crippen LogP contribution in [0.3, 0.4) is 0 Å². The van der Waals surface area contributed by atoms with E-state index in [2.05, 4.69) is 15.6 Å². The second-order valence-electron chi connectivity index (χ2n) is 8.10. The summed E-state index contributed by atoms with van der Waals surface area (Å²) in [4.78, 5) is 18.4. The lowest BCUT2D eigenvalue weighted by Crippen LogP contribution is -2.31. The van der Waals surface area contributed by atoms with Gasteiger partial charge in [0.15, 0.2) is 5.82 Å². The van der Waals surface area contributed by atoms with Crippen molar-refractivity contribution in [3.05, 3.63) is 98.6 Å². The Morgan fingerprint density at radius 3 is 2.50 bits per heavy atom. The van der Waals surface area contributed by atoms with E-state index in [1.54, 1.807) is 48.2 Å².